The van der Waals surface area contributed by atoms with Gasteiger partial charge in [-0.1, -0.05) is 0 Å². The van der Waals surface area contributed by atoms with E-state index in [1.807, 2.05) is 23.1 Å². The number of nitrogen functional groups attached to an aromatic ring is 1. The lowest BCUT2D eigenvalue weighted by Gasteiger charge is -2.26. The van der Waals surface area contributed by atoms with Crippen molar-refractivity contribution in [2.75, 3.05) is 26.5 Å². The second-order valence-electron chi connectivity index (χ2n) is 5.89. The van der Waals surface area contributed by atoms with E-state index in [0.717, 1.165) is 36.4 Å². The lowest BCUT2D eigenvalue weighted by Crippen LogP contribution is -2.30. The zero-order valence-corrected chi connectivity index (χ0v) is 15.2. The number of nitrogens with zero attached hydrogens (tertiary/aromatic N) is 1. The van der Waals surface area contributed by atoms with Gasteiger partial charge in [-0.15, -0.1) is 12.4 Å². The molecule has 1 saturated heterocycles. The Kier molecular flexibility index (Phi) is 6.15. The number of likely N-dealkylation sites (tertiary alicyclic amines) is 1. The van der Waals surface area contributed by atoms with E-state index in [4.69, 9.17) is 15.2 Å². The molecule has 134 valence electrons. The van der Waals surface area contributed by atoms with Gasteiger partial charge in [0, 0.05) is 29.4 Å². The maximum atomic E-state index is 12.9. The van der Waals surface area contributed by atoms with E-state index >= 15 is 0 Å². The maximum Gasteiger partial charge on any atom is 0.254 e. The summed E-state index contributed by atoms with van der Waals surface area (Å²) in [5.41, 5.74) is 8.03. The number of benzene rings is 2. The molecular formula is C19H23ClN2O3. The highest BCUT2D eigenvalue weighted by Crippen LogP contribution is 2.39. The van der Waals surface area contributed by atoms with Crippen molar-refractivity contribution in [1.82, 2.24) is 4.90 Å². The molecule has 2 N–H and O–H groups in total. The van der Waals surface area contributed by atoms with Gasteiger partial charge < -0.3 is 20.1 Å². The van der Waals surface area contributed by atoms with Crippen molar-refractivity contribution in [1.29, 1.82) is 0 Å². The summed E-state index contributed by atoms with van der Waals surface area (Å²) in [6.07, 6.45) is 1.89. The Bertz CT molecular complexity index is 734. The van der Waals surface area contributed by atoms with Crippen molar-refractivity contribution >= 4 is 24.0 Å². The van der Waals surface area contributed by atoms with Crippen LogP contribution >= 0.6 is 12.4 Å². The number of carbonyl (C=O) groups is 1. The van der Waals surface area contributed by atoms with E-state index in [1.165, 1.54) is 0 Å². The van der Waals surface area contributed by atoms with Gasteiger partial charge in [-0.2, -0.15) is 0 Å². The van der Waals surface area contributed by atoms with Crippen LogP contribution in [0.4, 0.5) is 5.69 Å². The Morgan fingerprint density at radius 2 is 1.84 bits per heavy atom. The van der Waals surface area contributed by atoms with Gasteiger partial charge in [-0.3, -0.25) is 4.79 Å². The molecule has 2 aromatic carbocycles. The highest BCUT2D eigenvalue weighted by molar-refractivity contribution is 5.95. The van der Waals surface area contributed by atoms with Gasteiger partial charge >= 0.3 is 0 Å². The van der Waals surface area contributed by atoms with Crippen molar-refractivity contribution in [3.8, 4) is 11.5 Å². The minimum absolute atomic E-state index is 0. The summed E-state index contributed by atoms with van der Waals surface area (Å²) >= 11 is 0. The van der Waals surface area contributed by atoms with Crippen LogP contribution in [0.2, 0.25) is 0 Å². The van der Waals surface area contributed by atoms with Crippen LogP contribution in [0.3, 0.4) is 0 Å². The average Bonchev–Trinajstić information content (AvgIpc) is 3.10. The number of anilines is 1. The normalized spacial score (nSPS) is 16.2. The molecule has 1 aliphatic heterocycles. The molecule has 1 unspecified atom stereocenters. The van der Waals surface area contributed by atoms with Crippen molar-refractivity contribution < 1.29 is 14.3 Å². The van der Waals surface area contributed by atoms with Gasteiger partial charge in [0.15, 0.2) is 0 Å². The summed E-state index contributed by atoms with van der Waals surface area (Å²) in [6, 6.07) is 12.8. The maximum absolute atomic E-state index is 12.9. The molecule has 0 saturated carbocycles. The monoisotopic (exact) mass is 362 g/mol. The predicted octanol–water partition coefficient (Wildman–Crippen LogP) is 3.69. The molecule has 1 amide bonds. The van der Waals surface area contributed by atoms with Gasteiger partial charge in [0.25, 0.3) is 5.91 Å². The summed E-state index contributed by atoms with van der Waals surface area (Å²) in [4.78, 5) is 14.8. The second-order valence-corrected chi connectivity index (χ2v) is 5.89. The van der Waals surface area contributed by atoms with E-state index in [2.05, 4.69) is 0 Å². The Balaban J connectivity index is 0.00000225. The number of nitrogens with two attached hydrogens (primary N) is 1. The number of hydrogen-bond donors (Lipinski definition) is 1. The van der Waals surface area contributed by atoms with Crippen LogP contribution < -0.4 is 15.2 Å². The average molecular weight is 363 g/mol. The van der Waals surface area contributed by atoms with Gasteiger partial charge in [0.2, 0.25) is 0 Å². The zero-order valence-electron chi connectivity index (χ0n) is 14.4. The number of methoxy groups -OCH3 is 2. The summed E-state index contributed by atoms with van der Waals surface area (Å²) in [7, 11) is 3.26. The fraction of sp³-hybridized carbons (Fsp3) is 0.316. The molecule has 25 heavy (non-hydrogen) atoms. The number of halogens is 1. The molecule has 3 rings (SSSR count). The van der Waals surface area contributed by atoms with E-state index < -0.39 is 0 Å². The van der Waals surface area contributed by atoms with E-state index in [-0.39, 0.29) is 24.4 Å². The van der Waals surface area contributed by atoms with Crippen LogP contribution in [0.5, 0.6) is 11.5 Å². The third kappa shape index (κ3) is 3.82. The van der Waals surface area contributed by atoms with E-state index in [0.29, 0.717) is 11.3 Å². The molecule has 0 radical (unpaired) electrons. The summed E-state index contributed by atoms with van der Waals surface area (Å²) < 4.78 is 10.8. The molecule has 6 heteroatoms. The molecule has 1 aliphatic rings. The molecule has 0 aromatic heterocycles. The fourth-order valence-electron chi connectivity index (χ4n) is 3.22. The van der Waals surface area contributed by atoms with E-state index in [9.17, 15) is 4.79 Å². The second kappa shape index (κ2) is 8.12. The smallest absolute Gasteiger partial charge is 0.254 e. The third-order valence-corrected chi connectivity index (χ3v) is 4.47. The largest absolute Gasteiger partial charge is 0.497 e. The van der Waals surface area contributed by atoms with Crippen LogP contribution in [0.25, 0.3) is 0 Å². The molecule has 0 aliphatic carbocycles. The lowest BCUT2D eigenvalue weighted by atomic mass is 10.0. The van der Waals surface area contributed by atoms with Gasteiger partial charge in [0.05, 0.1) is 20.3 Å². The molecule has 0 spiro atoms. The SMILES string of the molecule is COc1ccc(C2CCCN2C(=O)c2ccc(N)cc2)c(OC)c1.Cl. The van der Waals surface area contributed by atoms with Crippen LogP contribution in [0, 0.1) is 0 Å². The van der Waals surface area contributed by atoms with Crippen molar-refractivity contribution in [2.45, 2.75) is 18.9 Å². The van der Waals surface area contributed by atoms with Crippen LogP contribution in [0.15, 0.2) is 42.5 Å². The minimum atomic E-state index is 0. The highest BCUT2D eigenvalue weighted by atomic mass is 35.5. The molecule has 1 heterocycles. The Labute approximate surface area is 154 Å². The first kappa shape index (κ1) is 18.9. The molecular weight excluding hydrogens is 340 g/mol. The van der Waals surface area contributed by atoms with Crippen LogP contribution in [-0.4, -0.2) is 31.6 Å². The summed E-state index contributed by atoms with van der Waals surface area (Å²) in [5.74, 6) is 1.51. The first-order valence-corrected chi connectivity index (χ1v) is 8.02. The summed E-state index contributed by atoms with van der Waals surface area (Å²) in [5, 5.41) is 0. The number of ether oxygens (including phenoxy) is 2. The van der Waals surface area contributed by atoms with Crippen LogP contribution in [-0.2, 0) is 0 Å². The number of amides is 1. The minimum Gasteiger partial charge on any atom is -0.497 e. The quantitative estimate of drug-likeness (QED) is 0.842. The first-order chi connectivity index (χ1) is 11.6. The topological polar surface area (TPSA) is 64.8 Å². The van der Waals surface area contributed by atoms with Crippen molar-refractivity contribution in [3.63, 3.8) is 0 Å². The number of hydrogen-bond acceptors (Lipinski definition) is 4. The molecule has 0 bridgehead atoms. The number of rotatable bonds is 4. The van der Waals surface area contributed by atoms with Gasteiger partial charge in [0.1, 0.15) is 11.5 Å². The predicted molar refractivity (Wildman–Crippen MR) is 101 cm³/mol. The Morgan fingerprint density at radius 3 is 2.48 bits per heavy atom. The Morgan fingerprint density at radius 1 is 1.12 bits per heavy atom. The molecule has 2 aromatic rings. The first-order valence-electron chi connectivity index (χ1n) is 8.02. The lowest BCUT2D eigenvalue weighted by molar-refractivity contribution is 0.0734. The summed E-state index contributed by atoms with van der Waals surface area (Å²) in [6.45, 7) is 0.739. The van der Waals surface area contributed by atoms with E-state index in [1.54, 1.807) is 38.5 Å². The Hall–Kier alpha value is -2.40. The standard InChI is InChI=1S/C19H22N2O3.ClH/c1-23-15-9-10-16(18(12-15)24-2)17-4-3-11-21(17)19(22)13-5-7-14(20)8-6-13;/h5-10,12,17H,3-4,11,20H2,1-2H3;1H. The molecule has 1 atom stereocenters. The van der Waals surface area contributed by atoms with Crippen LogP contribution in [0.1, 0.15) is 34.8 Å². The van der Waals surface area contributed by atoms with Gasteiger partial charge in [-0.25, -0.2) is 0 Å². The fourth-order valence-corrected chi connectivity index (χ4v) is 3.22. The molecule has 1 fully saturated rings. The number of carbonyl (C=O) groups excluding carboxylic acids is 1. The van der Waals surface area contributed by atoms with Crippen molar-refractivity contribution in [2.24, 2.45) is 0 Å². The van der Waals surface area contributed by atoms with Gasteiger partial charge in [-0.05, 0) is 49.2 Å². The highest BCUT2D eigenvalue weighted by Gasteiger charge is 2.32. The molecule has 5 nitrogen and oxygen atoms in total. The zero-order chi connectivity index (χ0) is 17.1. The van der Waals surface area contributed by atoms with Crippen molar-refractivity contribution in [3.05, 3.63) is 53.6 Å². The third-order valence-electron chi connectivity index (χ3n) is 4.47.